The Bertz CT molecular complexity index is 416. The van der Waals surface area contributed by atoms with E-state index in [1.165, 1.54) is 6.07 Å². The van der Waals surface area contributed by atoms with Gasteiger partial charge in [0.15, 0.2) is 5.12 Å². The van der Waals surface area contributed by atoms with Crippen molar-refractivity contribution >= 4 is 40.9 Å². The Morgan fingerprint density at radius 3 is 2.64 bits per heavy atom. The molecule has 3 nitrogen and oxygen atoms in total. The van der Waals surface area contributed by atoms with Crippen molar-refractivity contribution in [2.75, 3.05) is 0 Å². The summed E-state index contributed by atoms with van der Waals surface area (Å²) in [6, 6.07) is 1.36. The number of aromatic amines is 1. The molecule has 0 fully saturated rings. The number of rotatable bonds is 3. The highest BCUT2D eigenvalue weighted by atomic mass is 35.5. The fraction of sp³-hybridized carbons (Fsp3) is 0.250. The van der Waals surface area contributed by atoms with Gasteiger partial charge in [0.05, 0.1) is 5.02 Å². The molecule has 0 atom stereocenters. The van der Waals surface area contributed by atoms with Crippen LogP contribution < -0.4 is 5.56 Å². The zero-order valence-corrected chi connectivity index (χ0v) is 9.42. The Morgan fingerprint density at radius 2 is 2.07 bits per heavy atom. The van der Waals surface area contributed by atoms with E-state index in [1.807, 2.05) is 0 Å². The molecule has 0 unspecified atom stereocenters. The number of aromatic nitrogens is 1. The zero-order chi connectivity index (χ0) is 10.7. The lowest BCUT2D eigenvalue weighted by atomic mass is 10.2. The summed E-state index contributed by atoms with van der Waals surface area (Å²) in [6.45, 7) is 0. The molecular weight excluding hydrogens is 245 g/mol. The van der Waals surface area contributed by atoms with Gasteiger partial charge in [0.1, 0.15) is 5.02 Å². The van der Waals surface area contributed by atoms with Crippen LogP contribution in [0.15, 0.2) is 10.9 Å². The predicted octanol–water partition coefficient (Wildman–Crippen LogP) is 2.07. The van der Waals surface area contributed by atoms with Gasteiger partial charge in [-0.2, -0.15) is 0 Å². The molecule has 1 aromatic heterocycles. The van der Waals surface area contributed by atoms with Crippen LogP contribution in [0.2, 0.25) is 10.0 Å². The molecule has 1 heterocycles. The van der Waals surface area contributed by atoms with E-state index < -0.39 is 5.56 Å². The van der Waals surface area contributed by atoms with Crippen molar-refractivity contribution in [3.05, 3.63) is 32.2 Å². The van der Waals surface area contributed by atoms with Crippen molar-refractivity contribution in [3.8, 4) is 0 Å². The fourth-order valence-electron chi connectivity index (χ4n) is 0.934. The molecule has 0 saturated carbocycles. The second-order valence-corrected chi connectivity index (χ2v) is 3.98. The summed E-state index contributed by atoms with van der Waals surface area (Å²) in [5.41, 5.74) is 0.0983. The highest BCUT2D eigenvalue weighted by Crippen LogP contribution is 2.17. The maximum atomic E-state index is 11.1. The molecular formula is C8H7Cl2NO2S. The molecule has 0 aliphatic heterocycles. The molecule has 0 aliphatic carbocycles. The summed E-state index contributed by atoms with van der Waals surface area (Å²) in [7, 11) is 0. The second-order valence-electron chi connectivity index (χ2n) is 2.67. The first-order valence-corrected chi connectivity index (χ1v) is 5.00. The third-order valence-electron chi connectivity index (χ3n) is 1.61. The number of aryl methyl sites for hydroxylation is 1. The van der Waals surface area contributed by atoms with E-state index in [1.54, 1.807) is 0 Å². The summed E-state index contributed by atoms with van der Waals surface area (Å²) in [5.74, 6) is 0. The maximum absolute atomic E-state index is 11.1. The summed E-state index contributed by atoms with van der Waals surface area (Å²) >= 11 is 14.9. The quantitative estimate of drug-likeness (QED) is 0.809. The lowest BCUT2D eigenvalue weighted by molar-refractivity contribution is -0.110. The Labute approximate surface area is 95.8 Å². The lowest BCUT2D eigenvalue weighted by Gasteiger charge is -2.02. The molecule has 0 spiro atoms. The van der Waals surface area contributed by atoms with Crippen molar-refractivity contribution in [2.24, 2.45) is 0 Å². The number of hydrogen-bond donors (Lipinski definition) is 2. The number of thiol groups is 1. The monoisotopic (exact) mass is 251 g/mol. The van der Waals surface area contributed by atoms with Crippen molar-refractivity contribution in [2.45, 2.75) is 12.8 Å². The van der Waals surface area contributed by atoms with Gasteiger partial charge in [-0.1, -0.05) is 23.2 Å². The maximum Gasteiger partial charge on any atom is 0.267 e. The highest BCUT2D eigenvalue weighted by Gasteiger charge is 2.06. The first kappa shape index (κ1) is 11.6. The number of pyridine rings is 1. The van der Waals surface area contributed by atoms with E-state index in [-0.39, 0.29) is 16.6 Å². The van der Waals surface area contributed by atoms with Gasteiger partial charge in [-0.15, -0.1) is 12.6 Å². The SMILES string of the molecule is O=C(S)CCc1[nH]c(=O)c(Cl)cc1Cl. The van der Waals surface area contributed by atoms with Crippen LogP contribution in [0.5, 0.6) is 0 Å². The topological polar surface area (TPSA) is 49.9 Å². The summed E-state index contributed by atoms with van der Waals surface area (Å²) < 4.78 is 0. The molecule has 0 bridgehead atoms. The Balaban J connectivity index is 2.93. The van der Waals surface area contributed by atoms with Gasteiger partial charge in [-0.25, -0.2) is 0 Å². The number of H-pyrrole nitrogens is 1. The van der Waals surface area contributed by atoms with Crippen LogP contribution in [0.4, 0.5) is 0 Å². The average Bonchev–Trinajstić information content (AvgIpc) is 2.09. The van der Waals surface area contributed by atoms with Crippen molar-refractivity contribution < 1.29 is 4.79 Å². The minimum Gasteiger partial charge on any atom is -0.323 e. The van der Waals surface area contributed by atoms with Crippen LogP contribution in [0, 0.1) is 0 Å². The van der Waals surface area contributed by atoms with Crippen LogP contribution in [-0.2, 0) is 11.2 Å². The molecule has 1 rings (SSSR count). The molecule has 0 radical (unpaired) electrons. The average molecular weight is 252 g/mol. The summed E-state index contributed by atoms with van der Waals surface area (Å²) in [5, 5.41) is 0.136. The minimum atomic E-state index is -0.405. The molecule has 1 N–H and O–H groups in total. The molecule has 0 aliphatic rings. The molecule has 14 heavy (non-hydrogen) atoms. The van der Waals surface area contributed by atoms with Crippen molar-refractivity contribution in [3.63, 3.8) is 0 Å². The predicted molar refractivity (Wildman–Crippen MR) is 59.4 cm³/mol. The third-order valence-corrected chi connectivity index (χ3v) is 2.45. The van der Waals surface area contributed by atoms with Crippen LogP contribution in [-0.4, -0.2) is 10.1 Å². The molecule has 0 amide bonds. The van der Waals surface area contributed by atoms with Gasteiger partial charge >= 0.3 is 0 Å². The van der Waals surface area contributed by atoms with E-state index in [0.29, 0.717) is 17.1 Å². The zero-order valence-electron chi connectivity index (χ0n) is 7.01. The Morgan fingerprint density at radius 1 is 1.43 bits per heavy atom. The molecule has 0 saturated heterocycles. The van der Waals surface area contributed by atoms with E-state index >= 15 is 0 Å². The van der Waals surface area contributed by atoms with Gasteiger partial charge in [0.2, 0.25) is 0 Å². The van der Waals surface area contributed by atoms with E-state index in [9.17, 15) is 9.59 Å². The third kappa shape index (κ3) is 3.04. The molecule has 0 aromatic carbocycles. The van der Waals surface area contributed by atoms with Gasteiger partial charge in [0, 0.05) is 12.1 Å². The van der Waals surface area contributed by atoms with E-state index in [0.717, 1.165) is 0 Å². The normalized spacial score (nSPS) is 10.2. The minimum absolute atomic E-state index is 0.0379. The summed E-state index contributed by atoms with van der Waals surface area (Å²) in [6.07, 6.45) is 0.577. The Kier molecular flexibility index (Phi) is 4.04. The number of carbonyl (C=O) groups is 1. The first-order valence-electron chi connectivity index (χ1n) is 3.79. The number of halogens is 2. The standard InChI is InChI=1S/C8H7Cl2NO2S/c9-4-3-5(10)8(13)11-6(4)1-2-7(12)14/h3H,1-2H2,(H,11,13)(H,12,14). The number of hydrogen-bond acceptors (Lipinski definition) is 2. The van der Waals surface area contributed by atoms with Gasteiger partial charge in [-0.3, -0.25) is 9.59 Å². The van der Waals surface area contributed by atoms with Crippen molar-refractivity contribution in [1.82, 2.24) is 4.98 Å². The number of nitrogens with one attached hydrogen (secondary N) is 1. The van der Waals surface area contributed by atoms with Crippen LogP contribution >= 0.6 is 35.8 Å². The van der Waals surface area contributed by atoms with E-state index in [4.69, 9.17) is 23.2 Å². The smallest absolute Gasteiger partial charge is 0.267 e. The van der Waals surface area contributed by atoms with Gasteiger partial charge in [0.25, 0.3) is 5.56 Å². The first-order chi connectivity index (χ1) is 6.50. The van der Waals surface area contributed by atoms with Crippen LogP contribution in [0.3, 0.4) is 0 Å². The lowest BCUT2D eigenvalue weighted by Crippen LogP contribution is -2.10. The summed E-state index contributed by atoms with van der Waals surface area (Å²) in [4.78, 5) is 24.2. The largest absolute Gasteiger partial charge is 0.323 e. The van der Waals surface area contributed by atoms with Crippen LogP contribution in [0.25, 0.3) is 0 Å². The molecule has 1 aromatic rings. The van der Waals surface area contributed by atoms with Gasteiger partial charge in [-0.05, 0) is 12.5 Å². The second kappa shape index (κ2) is 4.87. The fourth-order valence-corrected chi connectivity index (χ4v) is 1.51. The van der Waals surface area contributed by atoms with Crippen molar-refractivity contribution in [1.29, 1.82) is 0 Å². The van der Waals surface area contributed by atoms with Crippen LogP contribution in [0.1, 0.15) is 12.1 Å². The highest BCUT2D eigenvalue weighted by molar-refractivity contribution is 7.96. The van der Waals surface area contributed by atoms with Gasteiger partial charge < -0.3 is 4.98 Å². The molecule has 76 valence electrons. The van der Waals surface area contributed by atoms with E-state index in [2.05, 4.69) is 17.6 Å². The number of carbonyl (C=O) groups excluding carboxylic acids is 1. The molecule has 6 heteroatoms. The Hall–Kier alpha value is -0.450.